The zero-order valence-corrected chi connectivity index (χ0v) is 24.6. The molecule has 0 radical (unpaired) electrons. The van der Waals surface area contributed by atoms with Crippen LogP contribution in [0.15, 0.2) is 18.2 Å². The van der Waals surface area contributed by atoms with Crippen LogP contribution >= 0.6 is 0 Å². The number of benzene rings is 1. The van der Waals surface area contributed by atoms with Crippen molar-refractivity contribution < 1.29 is 42.9 Å². The molecule has 1 aliphatic carbocycles. The van der Waals surface area contributed by atoms with Crippen LogP contribution in [0.1, 0.15) is 92.1 Å². The van der Waals surface area contributed by atoms with Crippen molar-refractivity contribution in [2.24, 2.45) is 17.6 Å². The van der Waals surface area contributed by atoms with E-state index in [0.717, 1.165) is 32.1 Å². The third kappa shape index (κ3) is 10.4. The predicted molar refractivity (Wildman–Crippen MR) is 148 cm³/mol. The molecule has 40 heavy (non-hydrogen) atoms. The second kappa shape index (κ2) is 16.2. The highest BCUT2D eigenvalue weighted by atomic mass is 16.7. The van der Waals surface area contributed by atoms with Crippen LogP contribution in [0.25, 0.3) is 0 Å². The molecular formula is C30H45NO9. The van der Waals surface area contributed by atoms with E-state index < -0.39 is 42.3 Å². The number of carbonyl (C=O) groups excluding carboxylic acids is 4. The van der Waals surface area contributed by atoms with Gasteiger partial charge in [0.05, 0.1) is 11.8 Å². The molecule has 1 aromatic rings. The van der Waals surface area contributed by atoms with Crippen molar-refractivity contribution >= 4 is 24.1 Å². The van der Waals surface area contributed by atoms with Crippen LogP contribution in [0.2, 0.25) is 0 Å². The van der Waals surface area contributed by atoms with Crippen molar-refractivity contribution in [3.8, 4) is 11.5 Å². The van der Waals surface area contributed by atoms with E-state index in [0.29, 0.717) is 18.4 Å². The lowest BCUT2D eigenvalue weighted by molar-refractivity contribution is -0.156. The summed E-state index contributed by atoms with van der Waals surface area (Å²) in [6, 6.07) is 3.64. The molecule has 0 bridgehead atoms. The molecule has 1 fully saturated rings. The molecule has 2 unspecified atom stereocenters. The van der Waals surface area contributed by atoms with Gasteiger partial charge in [0.15, 0.2) is 11.5 Å². The largest absolute Gasteiger partial charge is 0.508 e. The Bertz CT molecular complexity index is 1000. The zero-order chi connectivity index (χ0) is 29.8. The topological polar surface area (TPSA) is 140 Å². The number of carbonyl (C=O) groups is 4. The molecule has 10 heteroatoms. The van der Waals surface area contributed by atoms with Gasteiger partial charge in [0.2, 0.25) is 0 Å². The summed E-state index contributed by atoms with van der Waals surface area (Å²) in [6.07, 6.45) is 3.65. The second-order valence-electron chi connectivity index (χ2n) is 10.6. The molecule has 5 atom stereocenters. The summed E-state index contributed by atoms with van der Waals surface area (Å²) in [5.41, 5.74) is 6.70. The summed E-state index contributed by atoms with van der Waals surface area (Å²) < 4.78 is 27.1. The molecule has 0 aliphatic heterocycles. The van der Waals surface area contributed by atoms with Gasteiger partial charge in [0.1, 0.15) is 24.4 Å². The molecule has 0 amide bonds. The number of esters is 3. The second-order valence-corrected chi connectivity index (χ2v) is 10.6. The number of ether oxygens (including phenoxy) is 5. The van der Waals surface area contributed by atoms with Crippen molar-refractivity contribution in [1.82, 2.24) is 0 Å². The van der Waals surface area contributed by atoms with Crippen molar-refractivity contribution in [2.75, 3.05) is 0 Å². The van der Waals surface area contributed by atoms with Crippen molar-refractivity contribution in [3.63, 3.8) is 0 Å². The first-order valence-corrected chi connectivity index (χ1v) is 14.3. The Morgan fingerprint density at radius 3 is 1.93 bits per heavy atom. The molecule has 224 valence electrons. The van der Waals surface area contributed by atoms with Crippen LogP contribution in [0, 0.1) is 11.8 Å². The molecule has 0 aromatic heterocycles. The molecule has 1 saturated carbocycles. The minimum absolute atomic E-state index is 0.0674. The van der Waals surface area contributed by atoms with E-state index in [2.05, 4.69) is 0 Å². The maximum absolute atomic E-state index is 12.7. The Hall–Kier alpha value is -3.14. The van der Waals surface area contributed by atoms with Crippen molar-refractivity contribution in [3.05, 3.63) is 23.8 Å². The molecule has 10 nitrogen and oxygen atoms in total. The lowest BCUT2D eigenvalue weighted by Gasteiger charge is -2.25. The molecule has 0 saturated heterocycles. The molecule has 1 aromatic carbocycles. The Morgan fingerprint density at radius 2 is 1.35 bits per heavy atom. The normalized spacial score (nSPS) is 17.5. The van der Waals surface area contributed by atoms with Crippen molar-refractivity contribution in [1.29, 1.82) is 0 Å². The van der Waals surface area contributed by atoms with Crippen LogP contribution < -0.4 is 15.2 Å². The van der Waals surface area contributed by atoms with Crippen LogP contribution in [0.5, 0.6) is 11.5 Å². The Balaban J connectivity index is 2.01. The van der Waals surface area contributed by atoms with Gasteiger partial charge in [-0.15, -0.1) is 0 Å². The summed E-state index contributed by atoms with van der Waals surface area (Å²) in [5.74, 6) is -2.09. The van der Waals surface area contributed by atoms with Gasteiger partial charge < -0.3 is 29.4 Å². The Morgan fingerprint density at radius 1 is 0.800 bits per heavy atom. The highest BCUT2D eigenvalue weighted by Crippen LogP contribution is 2.31. The van der Waals surface area contributed by atoms with E-state index in [-0.39, 0.29) is 35.9 Å². The van der Waals surface area contributed by atoms with Crippen LogP contribution in [-0.2, 0) is 35.0 Å². The third-order valence-corrected chi connectivity index (χ3v) is 7.28. The minimum Gasteiger partial charge on any atom is -0.458 e. The summed E-state index contributed by atoms with van der Waals surface area (Å²) >= 11 is 0. The van der Waals surface area contributed by atoms with E-state index in [4.69, 9.17) is 29.4 Å². The first-order chi connectivity index (χ1) is 18.9. The average Bonchev–Trinajstić information content (AvgIpc) is 2.93. The SMILES string of the molecule is CCC(C)C(=O)Oc1ccc(C[C@H](N)C(=O)O[C@@H](C)[C@H](C)OC(=O)OC2CCCCC2)cc1OC(=O)C(C)CC. The maximum atomic E-state index is 12.7. The van der Waals surface area contributed by atoms with Gasteiger partial charge >= 0.3 is 24.1 Å². The summed E-state index contributed by atoms with van der Waals surface area (Å²) in [7, 11) is 0. The van der Waals surface area contributed by atoms with E-state index in [1.807, 2.05) is 13.8 Å². The molecule has 2 rings (SSSR count). The highest BCUT2D eigenvalue weighted by Gasteiger charge is 2.27. The van der Waals surface area contributed by atoms with E-state index in [9.17, 15) is 19.2 Å². The van der Waals surface area contributed by atoms with Gasteiger partial charge in [-0.2, -0.15) is 0 Å². The predicted octanol–water partition coefficient (Wildman–Crippen LogP) is 5.27. The van der Waals surface area contributed by atoms with Gasteiger partial charge in [-0.05, 0) is 76.5 Å². The van der Waals surface area contributed by atoms with E-state index in [1.54, 1.807) is 33.8 Å². The molecule has 0 heterocycles. The van der Waals surface area contributed by atoms with Gasteiger partial charge in [0, 0.05) is 0 Å². The van der Waals surface area contributed by atoms with E-state index in [1.165, 1.54) is 12.1 Å². The number of rotatable bonds is 13. The van der Waals surface area contributed by atoms with E-state index >= 15 is 0 Å². The van der Waals surface area contributed by atoms with Crippen LogP contribution in [-0.4, -0.2) is 48.4 Å². The fourth-order valence-electron chi connectivity index (χ4n) is 3.89. The first-order valence-electron chi connectivity index (χ1n) is 14.3. The van der Waals surface area contributed by atoms with Gasteiger partial charge in [-0.25, -0.2) is 4.79 Å². The molecule has 1 aliphatic rings. The van der Waals surface area contributed by atoms with Crippen LogP contribution in [0.4, 0.5) is 4.79 Å². The Kier molecular flexibility index (Phi) is 13.4. The Labute approximate surface area is 237 Å². The number of hydrogen-bond donors (Lipinski definition) is 1. The van der Waals surface area contributed by atoms with Crippen molar-refractivity contribution in [2.45, 2.75) is 117 Å². The quantitative estimate of drug-likeness (QED) is 0.249. The third-order valence-electron chi connectivity index (χ3n) is 7.28. The number of nitrogens with two attached hydrogens (primary N) is 1. The molecule has 0 spiro atoms. The monoisotopic (exact) mass is 563 g/mol. The summed E-state index contributed by atoms with van der Waals surface area (Å²) in [5, 5.41) is 0. The smallest absolute Gasteiger partial charge is 0.458 e. The highest BCUT2D eigenvalue weighted by molar-refractivity contribution is 5.79. The fourth-order valence-corrected chi connectivity index (χ4v) is 3.89. The number of hydrogen-bond acceptors (Lipinski definition) is 10. The van der Waals surface area contributed by atoms with Gasteiger partial charge in [0.25, 0.3) is 0 Å². The summed E-state index contributed by atoms with van der Waals surface area (Å²) in [4.78, 5) is 49.7. The summed E-state index contributed by atoms with van der Waals surface area (Å²) in [6.45, 7) is 10.4. The fraction of sp³-hybridized carbons (Fsp3) is 0.667. The minimum atomic E-state index is -1.05. The average molecular weight is 564 g/mol. The standard InChI is InChI=1S/C30H45NO9/c1-7-18(3)27(32)39-25-15-14-22(17-26(25)40-28(33)19(4)8-2)16-24(31)29(34)36-20(5)21(6)37-30(35)38-23-12-10-9-11-13-23/h14-15,17-21,23-24H,7-13,16,31H2,1-6H3/t18?,19?,20-,21-,24-/m0/s1. The lowest BCUT2D eigenvalue weighted by atomic mass is 9.98. The molecular weight excluding hydrogens is 518 g/mol. The molecule has 2 N–H and O–H groups in total. The first kappa shape index (κ1) is 33.1. The van der Waals surface area contributed by atoms with Gasteiger partial charge in [-0.1, -0.05) is 40.2 Å². The zero-order valence-electron chi connectivity index (χ0n) is 24.6. The maximum Gasteiger partial charge on any atom is 0.508 e. The van der Waals surface area contributed by atoms with Gasteiger partial charge in [-0.3, -0.25) is 14.4 Å². The van der Waals surface area contributed by atoms with Crippen LogP contribution in [0.3, 0.4) is 0 Å². The lowest BCUT2D eigenvalue weighted by Crippen LogP contribution is -2.39.